The molecule has 1 fully saturated rings. The van der Waals surface area contributed by atoms with Crippen molar-refractivity contribution in [3.05, 3.63) is 59.7 Å². The van der Waals surface area contributed by atoms with Gasteiger partial charge in [-0.3, -0.25) is 25.2 Å². The minimum Gasteiger partial charge on any atom is -0.494 e. The molecule has 146 valence electrons. The maximum atomic E-state index is 12.4. The van der Waals surface area contributed by atoms with Crippen molar-refractivity contribution in [3.8, 4) is 5.75 Å². The highest BCUT2D eigenvalue weighted by atomic mass is 16.5. The Labute approximate surface area is 163 Å². The van der Waals surface area contributed by atoms with Gasteiger partial charge >= 0.3 is 0 Å². The monoisotopic (exact) mass is 381 g/mol. The first-order valence-corrected chi connectivity index (χ1v) is 9.18. The summed E-state index contributed by atoms with van der Waals surface area (Å²) in [6.45, 7) is 4.68. The number of anilines is 1. The number of hydrogen-bond donors (Lipinski definition) is 2. The van der Waals surface area contributed by atoms with Crippen LogP contribution in [0, 0.1) is 12.8 Å². The maximum Gasteiger partial charge on any atom is 0.269 e. The molecule has 7 heteroatoms. The first-order chi connectivity index (χ1) is 13.5. The molecule has 1 atom stereocenters. The molecule has 0 bridgehead atoms. The molecule has 2 N–H and O–H groups in total. The number of nitrogens with one attached hydrogen (secondary N) is 2. The van der Waals surface area contributed by atoms with Crippen molar-refractivity contribution in [2.24, 2.45) is 5.92 Å². The molecule has 2 aromatic rings. The number of ether oxygens (including phenoxy) is 1. The molecule has 1 heterocycles. The number of benzene rings is 2. The number of carbonyl (C=O) groups excluding carboxylic acids is 3. The Kier molecular flexibility index (Phi) is 5.93. The predicted octanol–water partition coefficient (Wildman–Crippen LogP) is 2.21. The molecule has 1 aliphatic heterocycles. The quantitative estimate of drug-likeness (QED) is 0.778. The zero-order chi connectivity index (χ0) is 20.1. The fourth-order valence-electron chi connectivity index (χ4n) is 3.02. The molecule has 3 amide bonds. The standard InChI is InChI=1S/C21H23N3O4/c1-3-28-18-10-6-15(7-11-18)20(26)22-23-21(27)16-12-19(25)24(13-16)17-8-4-14(2)5-9-17/h4-11,16H,3,12-13H2,1-2H3,(H,22,26)(H,23,27)/t16-/m1/s1. The van der Waals surface area contributed by atoms with E-state index in [1.54, 1.807) is 29.2 Å². The highest BCUT2D eigenvalue weighted by Gasteiger charge is 2.35. The summed E-state index contributed by atoms with van der Waals surface area (Å²) < 4.78 is 5.33. The zero-order valence-corrected chi connectivity index (χ0v) is 15.9. The fourth-order valence-corrected chi connectivity index (χ4v) is 3.02. The van der Waals surface area contributed by atoms with Crippen molar-refractivity contribution in [1.82, 2.24) is 10.9 Å². The third-order valence-corrected chi connectivity index (χ3v) is 4.57. The van der Waals surface area contributed by atoms with Crippen molar-refractivity contribution < 1.29 is 19.1 Å². The van der Waals surface area contributed by atoms with Gasteiger partial charge in [0.1, 0.15) is 5.75 Å². The molecule has 2 aromatic carbocycles. The largest absolute Gasteiger partial charge is 0.494 e. The van der Waals surface area contributed by atoms with E-state index in [0.717, 1.165) is 11.3 Å². The van der Waals surface area contributed by atoms with Crippen LogP contribution < -0.4 is 20.5 Å². The Morgan fingerprint density at radius 3 is 2.39 bits per heavy atom. The Morgan fingerprint density at radius 2 is 1.75 bits per heavy atom. The van der Waals surface area contributed by atoms with Gasteiger partial charge < -0.3 is 9.64 Å². The molecule has 1 saturated heterocycles. The lowest BCUT2D eigenvalue weighted by molar-refractivity contribution is -0.126. The summed E-state index contributed by atoms with van der Waals surface area (Å²) in [5.74, 6) is -0.779. The maximum absolute atomic E-state index is 12.4. The number of rotatable bonds is 5. The summed E-state index contributed by atoms with van der Waals surface area (Å²) in [5.41, 5.74) is 7.07. The van der Waals surface area contributed by atoms with Crippen molar-refractivity contribution in [1.29, 1.82) is 0 Å². The van der Waals surface area contributed by atoms with Crippen molar-refractivity contribution >= 4 is 23.4 Å². The lowest BCUT2D eigenvalue weighted by Crippen LogP contribution is -2.45. The highest BCUT2D eigenvalue weighted by molar-refractivity contribution is 6.01. The summed E-state index contributed by atoms with van der Waals surface area (Å²) in [6, 6.07) is 14.2. The average molecular weight is 381 g/mol. The number of nitrogens with zero attached hydrogens (tertiary/aromatic N) is 1. The highest BCUT2D eigenvalue weighted by Crippen LogP contribution is 2.25. The second-order valence-electron chi connectivity index (χ2n) is 6.64. The Balaban J connectivity index is 1.54. The van der Waals surface area contributed by atoms with Gasteiger partial charge in [0, 0.05) is 24.2 Å². The van der Waals surface area contributed by atoms with Crippen LogP contribution in [0.2, 0.25) is 0 Å². The molecule has 0 unspecified atom stereocenters. The second-order valence-corrected chi connectivity index (χ2v) is 6.64. The summed E-state index contributed by atoms with van der Waals surface area (Å²) in [4.78, 5) is 38.4. The molecule has 0 aromatic heterocycles. The summed E-state index contributed by atoms with van der Waals surface area (Å²) in [5, 5.41) is 0. The van der Waals surface area contributed by atoms with E-state index < -0.39 is 11.8 Å². The fraction of sp³-hybridized carbons (Fsp3) is 0.286. The number of hydrazine groups is 1. The molecule has 28 heavy (non-hydrogen) atoms. The Hall–Kier alpha value is -3.35. The Bertz CT molecular complexity index is 862. The SMILES string of the molecule is CCOc1ccc(C(=O)NNC(=O)[C@@H]2CC(=O)N(c3ccc(C)cc3)C2)cc1. The molecule has 0 saturated carbocycles. The molecule has 7 nitrogen and oxygen atoms in total. The predicted molar refractivity (Wildman–Crippen MR) is 105 cm³/mol. The van der Waals surface area contributed by atoms with Gasteiger partial charge in [0.25, 0.3) is 5.91 Å². The van der Waals surface area contributed by atoms with Gasteiger partial charge in [-0.15, -0.1) is 0 Å². The van der Waals surface area contributed by atoms with E-state index in [-0.39, 0.29) is 24.8 Å². The van der Waals surface area contributed by atoms with Crippen LogP contribution in [-0.2, 0) is 9.59 Å². The van der Waals surface area contributed by atoms with Crippen LogP contribution in [-0.4, -0.2) is 30.9 Å². The Morgan fingerprint density at radius 1 is 1.07 bits per heavy atom. The number of aryl methyl sites for hydroxylation is 1. The van der Waals surface area contributed by atoms with E-state index in [2.05, 4.69) is 10.9 Å². The van der Waals surface area contributed by atoms with Crippen LogP contribution in [0.3, 0.4) is 0 Å². The lowest BCUT2D eigenvalue weighted by atomic mass is 10.1. The number of carbonyl (C=O) groups is 3. The van der Waals surface area contributed by atoms with E-state index in [4.69, 9.17) is 4.74 Å². The summed E-state index contributed by atoms with van der Waals surface area (Å²) in [7, 11) is 0. The molecule has 1 aliphatic rings. The van der Waals surface area contributed by atoms with Crippen LogP contribution in [0.4, 0.5) is 5.69 Å². The minimum absolute atomic E-state index is 0.109. The van der Waals surface area contributed by atoms with Crippen LogP contribution in [0.15, 0.2) is 48.5 Å². The molecular weight excluding hydrogens is 358 g/mol. The summed E-state index contributed by atoms with van der Waals surface area (Å²) >= 11 is 0. The van der Waals surface area contributed by atoms with Gasteiger partial charge in [0.15, 0.2) is 0 Å². The third-order valence-electron chi connectivity index (χ3n) is 4.57. The topological polar surface area (TPSA) is 87.7 Å². The van der Waals surface area contributed by atoms with Crippen molar-refractivity contribution in [3.63, 3.8) is 0 Å². The van der Waals surface area contributed by atoms with Gasteiger partial charge in [-0.25, -0.2) is 0 Å². The first kappa shape index (κ1) is 19.4. The number of amides is 3. The van der Waals surface area contributed by atoms with E-state index in [1.807, 2.05) is 38.1 Å². The molecular formula is C21H23N3O4. The van der Waals surface area contributed by atoms with Gasteiger partial charge in [-0.05, 0) is 50.2 Å². The molecule has 3 rings (SSSR count). The molecule has 0 aliphatic carbocycles. The molecule has 0 spiro atoms. The van der Waals surface area contributed by atoms with Gasteiger partial charge in [-0.2, -0.15) is 0 Å². The van der Waals surface area contributed by atoms with Crippen molar-refractivity contribution in [2.45, 2.75) is 20.3 Å². The molecule has 0 radical (unpaired) electrons. The normalized spacial score (nSPS) is 16.0. The van der Waals surface area contributed by atoms with E-state index in [1.165, 1.54) is 0 Å². The first-order valence-electron chi connectivity index (χ1n) is 9.18. The van der Waals surface area contributed by atoms with Gasteiger partial charge in [-0.1, -0.05) is 17.7 Å². The van der Waals surface area contributed by atoms with E-state index >= 15 is 0 Å². The minimum atomic E-state index is -0.519. The lowest BCUT2D eigenvalue weighted by Gasteiger charge is -2.17. The summed E-state index contributed by atoms with van der Waals surface area (Å²) in [6.07, 6.45) is 0.110. The van der Waals surface area contributed by atoms with Crippen LogP contribution in [0.1, 0.15) is 29.3 Å². The third kappa shape index (κ3) is 4.49. The van der Waals surface area contributed by atoms with Crippen molar-refractivity contribution in [2.75, 3.05) is 18.1 Å². The van der Waals surface area contributed by atoms with E-state index in [0.29, 0.717) is 17.9 Å². The zero-order valence-electron chi connectivity index (χ0n) is 15.9. The van der Waals surface area contributed by atoms with Crippen LogP contribution in [0.5, 0.6) is 5.75 Å². The smallest absolute Gasteiger partial charge is 0.269 e. The van der Waals surface area contributed by atoms with Crippen LogP contribution in [0.25, 0.3) is 0 Å². The van der Waals surface area contributed by atoms with Crippen LogP contribution >= 0.6 is 0 Å². The van der Waals surface area contributed by atoms with E-state index in [9.17, 15) is 14.4 Å². The second kappa shape index (κ2) is 8.56. The number of hydrogen-bond acceptors (Lipinski definition) is 4. The van der Waals surface area contributed by atoms with Gasteiger partial charge in [0.2, 0.25) is 11.8 Å². The average Bonchev–Trinajstić information content (AvgIpc) is 3.09. The van der Waals surface area contributed by atoms with Gasteiger partial charge in [0.05, 0.1) is 12.5 Å².